The zero-order chi connectivity index (χ0) is 24.0. The number of imide groups is 1. The van der Waals surface area contributed by atoms with Crippen LogP contribution in [-0.4, -0.2) is 41.7 Å². The van der Waals surface area contributed by atoms with E-state index in [9.17, 15) is 14.4 Å². The first-order valence-corrected chi connectivity index (χ1v) is 11.6. The van der Waals surface area contributed by atoms with Gasteiger partial charge in [0.2, 0.25) is 5.91 Å². The summed E-state index contributed by atoms with van der Waals surface area (Å²) in [6.07, 6.45) is 6.82. The lowest BCUT2D eigenvalue weighted by Gasteiger charge is -2.13. The summed E-state index contributed by atoms with van der Waals surface area (Å²) in [5, 5.41) is 2.63. The van der Waals surface area contributed by atoms with E-state index in [4.69, 9.17) is 27.5 Å². The van der Waals surface area contributed by atoms with E-state index < -0.39 is 23.6 Å². The maximum atomic E-state index is 12.8. The molecule has 0 spiro atoms. The minimum atomic E-state index is -0.557. The SMILES string of the molecule is C#CCOc1c(Br)cc(/C=C2\SC(=O)N(CC(=O)Nc3ccc(Cl)cc3)C2=O)cc1OCC. The van der Waals surface area contributed by atoms with Gasteiger partial charge in [0, 0.05) is 10.7 Å². The average Bonchev–Trinajstić information content (AvgIpc) is 3.02. The van der Waals surface area contributed by atoms with Crippen LogP contribution in [0.3, 0.4) is 0 Å². The Hall–Kier alpha value is -2.93. The molecule has 7 nitrogen and oxygen atoms in total. The second-order valence-corrected chi connectivity index (χ2v) is 8.86. The van der Waals surface area contributed by atoms with Crippen LogP contribution in [0.2, 0.25) is 5.02 Å². The second-order valence-electron chi connectivity index (χ2n) is 6.58. The summed E-state index contributed by atoms with van der Waals surface area (Å²) in [5.41, 5.74) is 1.11. The molecule has 0 atom stereocenters. The number of ether oxygens (including phenoxy) is 2. The van der Waals surface area contributed by atoms with Gasteiger partial charge < -0.3 is 14.8 Å². The van der Waals surface area contributed by atoms with E-state index in [0.717, 1.165) is 16.7 Å². The molecular formula is C23H18BrClN2O5S. The van der Waals surface area contributed by atoms with Crippen molar-refractivity contribution in [1.29, 1.82) is 0 Å². The number of amides is 3. The van der Waals surface area contributed by atoms with Crippen LogP contribution >= 0.6 is 39.3 Å². The predicted octanol–water partition coefficient (Wildman–Crippen LogP) is 5.19. The lowest BCUT2D eigenvalue weighted by molar-refractivity contribution is -0.127. The van der Waals surface area contributed by atoms with Crippen molar-refractivity contribution >= 4 is 68.1 Å². The Kier molecular flexibility index (Phi) is 8.44. The Morgan fingerprint density at radius 2 is 2.00 bits per heavy atom. The summed E-state index contributed by atoms with van der Waals surface area (Å²) in [4.78, 5) is 38.6. The highest BCUT2D eigenvalue weighted by atomic mass is 79.9. The van der Waals surface area contributed by atoms with Crippen molar-refractivity contribution in [1.82, 2.24) is 4.90 Å². The summed E-state index contributed by atoms with van der Waals surface area (Å²) in [5.74, 6) is 2.22. The summed E-state index contributed by atoms with van der Waals surface area (Å²) < 4.78 is 11.7. The fourth-order valence-electron chi connectivity index (χ4n) is 2.85. The van der Waals surface area contributed by atoms with Gasteiger partial charge in [-0.05, 0) is 82.7 Å². The van der Waals surface area contributed by atoms with Crippen LogP contribution in [0.25, 0.3) is 6.08 Å². The lowest BCUT2D eigenvalue weighted by atomic mass is 10.2. The predicted molar refractivity (Wildman–Crippen MR) is 132 cm³/mol. The lowest BCUT2D eigenvalue weighted by Crippen LogP contribution is -2.36. The highest BCUT2D eigenvalue weighted by Gasteiger charge is 2.36. The molecule has 1 saturated heterocycles. The molecule has 0 radical (unpaired) electrons. The largest absolute Gasteiger partial charge is 0.490 e. The standard InChI is InChI=1S/C23H18BrClN2O5S/c1-3-9-32-21-17(24)10-14(11-18(21)31-4-2)12-19-22(29)27(23(30)33-19)13-20(28)26-16-7-5-15(25)6-8-16/h1,5-8,10-12H,4,9,13H2,2H3,(H,26,28)/b19-12-. The Morgan fingerprint density at radius 3 is 2.67 bits per heavy atom. The minimum Gasteiger partial charge on any atom is -0.490 e. The summed E-state index contributed by atoms with van der Waals surface area (Å²) in [7, 11) is 0. The van der Waals surface area contributed by atoms with E-state index >= 15 is 0 Å². The highest BCUT2D eigenvalue weighted by molar-refractivity contribution is 9.10. The Balaban J connectivity index is 1.76. The number of nitrogens with zero attached hydrogens (tertiary/aromatic N) is 1. The van der Waals surface area contributed by atoms with Gasteiger partial charge in [-0.3, -0.25) is 19.3 Å². The van der Waals surface area contributed by atoms with Gasteiger partial charge >= 0.3 is 0 Å². The van der Waals surface area contributed by atoms with Crippen LogP contribution in [-0.2, 0) is 9.59 Å². The Bertz CT molecular complexity index is 1160. The first kappa shape index (κ1) is 24.7. The van der Waals surface area contributed by atoms with E-state index in [-0.39, 0.29) is 11.5 Å². The molecule has 2 aromatic carbocycles. The quantitative estimate of drug-likeness (QED) is 0.360. The van der Waals surface area contributed by atoms with E-state index in [0.29, 0.717) is 38.9 Å². The molecule has 2 aromatic rings. The number of carbonyl (C=O) groups excluding carboxylic acids is 3. The van der Waals surface area contributed by atoms with Gasteiger partial charge in [-0.15, -0.1) is 6.42 Å². The number of carbonyl (C=O) groups is 3. The van der Waals surface area contributed by atoms with Crippen LogP contribution in [0.5, 0.6) is 11.5 Å². The summed E-state index contributed by atoms with van der Waals surface area (Å²) in [6.45, 7) is 1.87. The minimum absolute atomic E-state index is 0.0645. The van der Waals surface area contributed by atoms with E-state index in [2.05, 4.69) is 27.2 Å². The molecular weight excluding hydrogens is 532 g/mol. The van der Waals surface area contributed by atoms with Crippen molar-refractivity contribution in [3.8, 4) is 23.8 Å². The number of halogens is 2. The van der Waals surface area contributed by atoms with Gasteiger partial charge in [0.05, 0.1) is 16.0 Å². The topological polar surface area (TPSA) is 84.9 Å². The maximum absolute atomic E-state index is 12.8. The Morgan fingerprint density at radius 1 is 1.27 bits per heavy atom. The molecule has 33 heavy (non-hydrogen) atoms. The Labute approximate surface area is 208 Å². The van der Waals surface area contributed by atoms with Crippen molar-refractivity contribution in [2.24, 2.45) is 0 Å². The highest BCUT2D eigenvalue weighted by Crippen LogP contribution is 2.39. The fraction of sp³-hybridized carbons (Fsp3) is 0.174. The number of terminal acetylenes is 1. The third-order valence-corrected chi connectivity index (χ3v) is 5.98. The zero-order valence-electron chi connectivity index (χ0n) is 17.4. The number of hydrogen-bond acceptors (Lipinski definition) is 6. The molecule has 1 aliphatic rings. The third kappa shape index (κ3) is 6.32. The van der Waals surface area contributed by atoms with Crippen molar-refractivity contribution in [3.05, 3.63) is 56.4 Å². The number of rotatable bonds is 8. The van der Waals surface area contributed by atoms with Crippen LogP contribution in [0, 0.1) is 12.3 Å². The summed E-state index contributed by atoms with van der Waals surface area (Å²) in [6, 6.07) is 9.89. The number of nitrogens with one attached hydrogen (secondary N) is 1. The van der Waals surface area contributed by atoms with Gasteiger partial charge in [-0.1, -0.05) is 17.5 Å². The molecule has 0 aromatic heterocycles. The van der Waals surface area contributed by atoms with E-state index in [1.54, 1.807) is 42.5 Å². The molecule has 0 bridgehead atoms. The summed E-state index contributed by atoms with van der Waals surface area (Å²) >= 11 is 10.0. The van der Waals surface area contributed by atoms with Gasteiger partial charge in [0.25, 0.3) is 11.1 Å². The van der Waals surface area contributed by atoms with E-state index in [1.807, 2.05) is 6.92 Å². The van der Waals surface area contributed by atoms with Crippen LogP contribution in [0.15, 0.2) is 45.8 Å². The van der Waals surface area contributed by atoms with Crippen LogP contribution in [0.1, 0.15) is 12.5 Å². The molecule has 0 saturated carbocycles. The smallest absolute Gasteiger partial charge is 0.294 e. The van der Waals surface area contributed by atoms with Crippen LogP contribution < -0.4 is 14.8 Å². The van der Waals surface area contributed by atoms with Gasteiger partial charge in [0.15, 0.2) is 11.5 Å². The number of hydrogen-bond donors (Lipinski definition) is 1. The molecule has 0 unspecified atom stereocenters. The normalized spacial score (nSPS) is 14.4. The van der Waals surface area contributed by atoms with Crippen molar-refractivity contribution in [2.45, 2.75) is 6.92 Å². The van der Waals surface area contributed by atoms with Gasteiger partial charge in [-0.2, -0.15) is 0 Å². The fourth-order valence-corrected chi connectivity index (χ4v) is 4.39. The molecule has 0 aliphatic carbocycles. The number of thioether (sulfide) groups is 1. The molecule has 1 heterocycles. The number of benzene rings is 2. The zero-order valence-corrected chi connectivity index (χ0v) is 20.6. The van der Waals surface area contributed by atoms with Crippen molar-refractivity contribution in [3.63, 3.8) is 0 Å². The molecule has 1 N–H and O–H groups in total. The molecule has 1 aliphatic heterocycles. The van der Waals surface area contributed by atoms with Crippen molar-refractivity contribution in [2.75, 3.05) is 25.1 Å². The first-order chi connectivity index (χ1) is 15.8. The van der Waals surface area contributed by atoms with E-state index in [1.165, 1.54) is 0 Å². The maximum Gasteiger partial charge on any atom is 0.294 e. The average molecular weight is 550 g/mol. The molecule has 170 valence electrons. The van der Waals surface area contributed by atoms with Gasteiger partial charge in [0.1, 0.15) is 13.2 Å². The monoisotopic (exact) mass is 548 g/mol. The van der Waals surface area contributed by atoms with Crippen molar-refractivity contribution < 1.29 is 23.9 Å². The first-order valence-electron chi connectivity index (χ1n) is 9.65. The second kappa shape index (κ2) is 11.3. The molecule has 1 fully saturated rings. The molecule has 3 amide bonds. The third-order valence-electron chi connectivity index (χ3n) is 4.23. The van der Waals surface area contributed by atoms with Gasteiger partial charge in [-0.25, -0.2) is 0 Å². The van der Waals surface area contributed by atoms with Crippen LogP contribution in [0.4, 0.5) is 10.5 Å². The molecule has 10 heteroatoms. The number of anilines is 1. The molecule has 3 rings (SSSR count).